The summed E-state index contributed by atoms with van der Waals surface area (Å²) < 4.78 is 29.2. The second kappa shape index (κ2) is 15.1. The molecule has 4 aromatic carbocycles. The second-order valence-electron chi connectivity index (χ2n) is 10.9. The zero-order valence-corrected chi connectivity index (χ0v) is 28.2. The molecular formula is C34H34Cl3N3O4S. The maximum Gasteiger partial charge on any atom is 0.264 e. The van der Waals surface area contributed by atoms with Crippen LogP contribution in [0, 0.1) is 6.92 Å². The number of aryl methyl sites for hydroxylation is 1. The molecule has 0 saturated heterocycles. The van der Waals surface area contributed by atoms with Crippen LogP contribution in [0.4, 0.5) is 5.69 Å². The molecule has 2 amide bonds. The van der Waals surface area contributed by atoms with E-state index in [4.69, 9.17) is 34.8 Å². The number of hydrogen-bond acceptors (Lipinski definition) is 4. The number of nitrogens with one attached hydrogen (secondary N) is 1. The van der Waals surface area contributed by atoms with Crippen LogP contribution < -0.4 is 9.62 Å². The number of nitrogens with zero attached hydrogens (tertiary/aromatic N) is 2. The Bertz CT molecular complexity index is 1750. The van der Waals surface area contributed by atoms with Gasteiger partial charge >= 0.3 is 0 Å². The van der Waals surface area contributed by atoms with Crippen LogP contribution in [0.5, 0.6) is 0 Å². The van der Waals surface area contributed by atoms with Crippen LogP contribution in [-0.2, 0) is 32.6 Å². The molecule has 4 aromatic rings. The van der Waals surface area contributed by atoms with Gasteiger partial charge in [-0.25, -0.2) is 8.42 Å². The van der Waals surface area contributed by atoms with Crippen molar-refractivity contribution >= 4 is 62.3 Å². The Hall–Kier alpha value is -3.56. The number of sulfonamides is 1. The van der Waals surface area contributed by atoms with Crippen molar-refractivity contribution < 1.29 is 18.0 Å². The highest BCUT2D eigenvalue weighted by molar-refractivity contribution is 7.92. The van der Waals surface area contributed by atoms with Gasteiger partial charge in [-0.1, -0.05) is 95.5 Å². The van der Waals surface area contributed by atoms with Gasteiger partial charge in [0.05, 0.1) is 20.6 Å². The standard InChI is InChI=1S/C34H34Cl3N3O4S/c1-23(2)38-34(42)32(19-25-10-6-4-7-11-25)39(21-26-15-17-29(35)31(37)18-26)33(41)22-40(27-16-14-24(3)30(36)20-27)45(43,44)28-12-8-5-9-13-28/h4-18,20,23,32H,19,21-22H2,1-3H3,(H,38,42)/t32-/m0/s1. The van der Waals surface area contributed by atoms with Gasteiger partial charge in [0, 0.05) is 24.0 Å². The Morgan fingerprint density at radius 3 is 2.02 bits per heavy atom. The van der Waals surface area contributed by atoms with E-state index in [1.807, 2.05) is 44.2 Å². The maximum atomic E-state index is 14.5. The summed E-state index contributed by atoms with van der Waals surface area (Å²) in [7, 11) is -4.23. The summed E-state index contributed by atoms with van der Waals surface area (Å²) >= 11 is 18.9. The molecule has 1 atom stereocenters. The minimum atomic E-state index is -4.23. The number of halogens is 3. The minimum Gasteiger partial charge on any atom is -0.352 e. The normalized spacial score (nSPS) is 12.1. The fourth-order valence-corrected chi connectivity index (χ4v) is 6.68. The Balaban J connectivity index is 1.83. The molecule has 0 radical (unpaired) electrons. The van der Waals surface area contributed by atoms with E-state index < -0.39 is 28.5 Å². The summed E-state index contributed by atoms with van der Waals surface area (Å²) in [5.74, 6) is -0.977. The molecule has 0 saturated carbocycles. The van der Waals surface area contributed by atoms with E-state index in [2.05, 4.69) is 5.32 Å². The average Bonchev–Trinajstić information content (AvgIpc) is 3.01. The van der Waals surface area contributed by atoms with Crippen molar-refractivity contribution in [3.8, 4) is 0 Å². The number of anilines is 1. The van der Waals surface area contributed by atoms with E-state index in [-0.39, 0.29) is 40.5 Å². The topological polar surface area (TPSA) is 86.8 Å². The highest BCUT2D eigenvalue weighted by atomic mass is 35.5. The third-order valence-corrected chi connectivity index (χ3v) is 10.0. The molecule has 1 N–H and O–H groups in total. The van der Waals surface area contributed by atoms with Gasteiger partial charge in [0.15, 0.2) is 0 Å². The molecule has 7 nitrogen and oxygen atoms in total. The van der Waals surface area contributed by atoms with Crippen molar-refractivity contribution in [3.05, 3.63) is 129 Å². The van der Waals surface area contributed by atoms with Gasteiger partial charge in [-0.3, -0.25) is 13.9 Å². The fraction of sp³-hybridized carbons (Fsp3) is 0.235. The molecule has 0 aromatic heterocycles. The van der Waals surface area contributed by atoms with Crippen molar-refractivity contribution in [2.75, 3.05) is 10.8 Å². The molecule has 236 valence electrons. The Labute approximate surface area is 279 Å². The molecule has 45 heavy (non-hydrogen) atoms. The zero-order valence-electron chi connectivity index (χ0n) is 25.1. The molecule has 0 aliphatic carbocycles. The molecule has 11 heteroatoms. The lowest BCUT2D eigenvalue weighted by atomic mass is 10.0. The lowest BCUT2D eigenvalue weighted by molar-refractivity contribution is -0.140. The third kappa shape index (κ3) is 8.79. The first kappa shape index (κ1) is 34.3. The molecule has 0 spiro atoms. The van der Waals surface area contributed by atoms with E-state index in [1.165, 1.54) is 23.1 Å². The number of rotatable bonds is 12. The predicted molar refractivity (Wildman–Crippen MR) is 181 cm³/mol. The summed E-state index contributed by atoms with van der Waals surface area (Å²) in [5.41, 5.74) is 2.40. The SMILES string of the molecule is Cc1ccc(N(CC(=O)N(Cc2ccc(Cl)c(Cl)c2)[C@@H](Cc2ccccc2)C(=O)NC(C)C)S(=O)(=O)c2ccccc2)cc1Cl. The predicted octanol–water partition coefficient (Wildman–Crippen LogP) is 7.32. The van der Waals surface area contributed by atoms with E-state index in [9.17, 15) is 18.0 Å². The van der Waals surface area contributed by atoms with Gasteiger partial charge in [0.25, 0.3) is 10.0 Å². The van der Waals surface area contributed by atoms with E-state index in [0.29, 0.717) is 15.6 Å². The lowest BCUT2D eigenvalue weighted by Gasteiger charge is -2.34. The first-order valence-electron chi connectivity index (χ1n) is 14.3. The molecular weight excluding hydrogens is 653 g/mol. The second-order valence-corrected chi connectivity index (χ2v) is 14.0. The monoisotopic (exact) mass is 685 g/mol. The number of benzene rings is 4. The molecule has 0 bridgehead atoms. The largest absolute Gasteiger partial charge is 0.352 e. The zero-order chi connectivity index (χ0) is 32.7. The van der Waals surface area contributed by atoms with Crippen molar-refractivity contribution in [2.24, 2.45) is 0 Å². The summed E-state index contributed by atoms with van der Waals surface area (Å²) in [6, 6.07) is 25.7. The Morgan fingerprint density at radius 1 is 0.778 bits per heavy atom. The molecule has 0 heterocycles. The quantitative estimate of drug-likeness (QED) is 0.169. The summed E-state index contributed by atoms with van der Waals surface area (Å²) in [6.07, 6.45) is 0.189. The van der Waals surface area contributed by atoms with E-state index >= 15 is 0 Å². The van der Waals surface area contributed by atoms with Crippen molar-refractivity contribution in [3.63, 3.8) is 0 Å². The number of amides is 2. The van der Waals surface area contributed by atoms with Gasteiger partial charge in [0.1, 0.15) is 12.6 Å². The van der Waals surface area contributed by atoms with Gasteiger partial charge in [-0.15, -0.1) is 0 Å². The summed E-state index contributed by atoms with van der Waals surface area (Å²) in [5, 5.41) is 3.90. The number of carbonyl (C=O) groups excluding carboxylic acids is 2. The Kier molecular flexibility index (Phi) is 11.6. The van der Waals surface area contributed by atoms with Crippen LogP contribution in [0.25, 0.3) is 0 Å². The molecule has 0 unspecified atom stereocenters. The number of carbonyl (C=O) groups is 2. The van der Waals surface area contributed by atoms with Crippen LogP contribution in [0.1, 0.15) is 30.5 Å². The summed E-state index contributed by atoms with van der Waals surface area (Å²) in [6.45, 7) is 4.83. The smallest absolute Gasteiger partial charge is 0.264 e. The molecule has 0 aliphatic heterocycles. The maximum absolute atomic E-state index is 14.5. The summed E-state index contributed by atoms with van der Waals surface area (Å²) in [4.78, 5) is 29.7. The first-order valence-corrected chi connectivity index (χ1v) is 16.9. The average molecular weight is 687 g/mol. The van der Waals surface area contributed by atoms with Crippen LogP contribution >= 0.6 is 34.8 Å². The highest BCUT2D eigenvalue weighted by Gasteiger charge is 2.35. The Morgan fingerprint density at radius 2 is 1.42 bits per heavy atom. The van der Waals surface area contributed by atoms with Crippen LogP contribution in [-0.4, -0.2) is 43.8 Å². The van der Waals surface area contributed by atoms with Crippen LogP contribution in [0.15, 0.2) is 102 Å². The molecule has 0 fully saturated rings. The van der Waals surface area contributed by atoms with Gasteiger partial charge in [0.2, 0.25) is 11.8 Å². The first-order chi connectivity index (χ1) is 21.4. The van der Waals surface area contributed by atoms with E-state index in [0.717, 1.165) is 15.4 Å². The minimum absolute atomic E-state index is 0.00363. The lowest BCUT2D eigenvalue weighted by Crippen LogP contribution is -2.54. The highest BCUT2D eigenvalue weighted by Crippen LogP contribution is 2.29. The molecule has 4 rings (SSSR count). The number of hydrogen-bond donors (Lipinski definition) is 1. The fourth-order valence-electron chi connectivity index (χ4n) is 4.75. The molecule has 0 aliphatic rings. The van der Waals surface area contributed by atoms with E-state index in [1.54, 1.807) is 55.5 Å². The third-order valence-electron chi connectivity index (χ3n) is 7.09. The van der Waals surface area contributed by atoms with Gasteiger partial charge < -0.3 is 10.2 Å². The van der Waals surface area contributed by atoms with Gasteiger partial charge in [-0.05, 0) is 73.9 Å². The van der Waals surface area contributed by atoms with Crippen LogP contribution in [0.3, 0.4) is 0 Å². The van der Waals surface area contributed by atoms with Crippen LogP contribution in [0.2, 0.25) is 15.1 Å². The van der Waals surface area contributed by atoms with Crippen molar-refractivity contribution in [1.82, 2.24) is 10.2 Å². The van der Waals surface area contributed by atoms with Crippen molar-refractivity contribution in [2.45, 2.75) is 50.7 Å². The van der Waals surface area contributed by atoms with Crippen molar-refractivity contribution in [1.29, 1.82) is 0 Å². The van der Waals surface area contributed by atoms with Gasteiger partial charge in [-0.2, -0.15) is 0 Å².